The van der Waals surface area contributed by atoms with Crippen molar-refractivity contribution in [2.45, 2.75) is 6.42 Å². The van der Waals surface area contributed by atoms with Crippen LogP contribution in [0.5, 0.6) is 5.75 Å². The summed E-state index contributed by atoms with van der Waals surface area (Å²) in [5.74, 6) is 0.270. The van der Waals surface area contributed by atoms with E-state index in [0.29, 0.717) is 11.6 Å². The lowest BCUT2D eigenvalue weighted by Gasteiger charge is -2.12. The van der Waals surface area contributed by atoms with Gasteiger partial charge in [0.2, 0.25) is 5.91 Å². The van der Waals surface area contributed by atoms with Crippen LogP contribution >= 0.6 is 0 Å². The third-order valence-electron chi connectivity index (χ3n) is 4.44. The number of fused-ring (bicyclic) bond motifs is 1. The van der Waals surface area contributed by atoms with E-state index in [-0.39, 0.29) is 18.9 Å². The summed E-state index contributed by atoms with van der Waals surface area (Å²) < 4.78 is 5.66. The molecule has 4 aromatic rings. The molecule has 3 aromatic carbocycles. The largest absolute Gasteiger partial charge is 0.483 e. The summed E-state index contributed by atoms with van der Waals surface area (Å²) in [4.78, 5) is 31.6. The van der Waals surface area contributed by atoms with Crippen molar-refractivity contribution in [2.75, 3.05) is 6.61 Å². The molecule has 30 heavy (non-hydrogen) atoms. The molecule has 0 saturated carbocycles. The Balaban J connectivity index is 1.29. The molecule has 0 spiro atoms. The van der Waals surface area contributed by atoms with Crippen LogP contribution in [0, 0.1) is 0 Å². The number of rotatable bonds is 6. The van der Waals surface area contributed by atoms with Crippen molar-refractivity contribution in [2.24, 2.45) is 0 Å². The first-order chi connectivity index (χ1) is 14.7. The van der Waals surface area contributed by atoms with E-state index >= 15 is 0 Å². The molecule has 0 bridgehead atoms. The second-order valence-corrected chi connectivity index (χ2v) is 6.62. The minimum atomic E-state index is -0.462. The molecule has 1 aromatic heterocycles. The Hall–Kier alpha value is -4.13. The Morgan fingerprint density at radius 2 is 1.53 bits per heavy atom. The Bertz CT molecular complexity index is 1140. The number of ether oxygens (including phenoxy) is 1. The van der Waals surface area contributed by atoms with Crippen LogP contribution in [-0.2, 0) is 16.0 Å². The van der Waals surface area contributed by atoms with Crippen LogP contribution in [0.2, 0.25) is 0 Å². The van der Waals surface area contributed by atoms with E-state index in [1.165, 1.54) is 0 Å². The van der Waals surface area contributed by atoms with E-state index in [1.54, 1.807) is 6.07 Å². The topological polar surface area (TPSA) is 96.1 Å². The molecule has 0 aliphatic carbocycles. The zero-order valence-electron chi connectivity index (χ0n) is 16.1. The SMILES string of the molecule is O=C(COc1ccccc1-c1ccccc1)NNC(=O)Cc1nc2ccccc2[nH]1. The average molecular weight is 400 g/mol. The predicted molar refractivity (Wildman–Crippen MR) is 113 cm³/mol. The van der Waals surface area contributed by atoms with Crippen LogP contribution in [0.3, 0.4) is 0 Å². The van der Waals surface area contributed by atoms with Crippen molar-refractivity contribution in [1.82, 2.24) is 20.8 Å². The molecule has 7 heteroatoms. The van der Waals surface area contributed by atoms with Gasteiger partial charge in [-0.05, 0) is 23.8 Å². The molecule has 3 N–H and O–H groups in total. The van der Waals surface area contributed by atoms with Crippen LogP contribution in [-0.4, -0.2) is 28.4 Å². The van der Waals surface area contributed by atoms with Crippen LogP contribution in [0.15, 0.2) is 78.9 Å². The number of aromatic nitrogens is 2. The first kappa shape index (κ1) is 19.2. The maximum absolute atomic E-state index is 12.1. The van der Waals surface area contributed by atoms with E-state index in [4.69, 9.17) is 4.74 Å². The number of aromatic amines is 1. The lowest BCUT2D eigenvalue weighted by atomic mass is 10.1. The first-order valence-corrected chi connectivity index (χ1v) is 9.47. The maximum Gasteiger partial charge on any atom is 0.276 e. The van der Waals surface area contributed by atoms with Gasteiger partial charge in [0, 0.05) is 5.56 Å². The lowest BCUT2D eigenvalue weighted by molar-refractivity contribution is -0.129. The van der Waals surface area contributed by atoms with Gasteiger partial charge >= 0.3 is 0 Å². The highest BCUT2D eigenvalue weighted by atomic mass is 16.5. The number of nitrogens with zero attached hydrogens (tertiary/aromatic N) is 1. The summed E-state index contributed by atoms with van der Waals surface area (Å²) in [6, 6.07) is 24.8. The second kappa shape index (κ2) is 8.91. The summed E-state index contributed by atoms with van der Waals surface area (Å²) in [5, 5.41) is 0. The zero-order chi connectivity index (χ0) is 20.8. The lowest BCUT2D eigenvalue weighted by Crippen LogP contribution is -2.44. The van der Waals surface area contributed by atoms with Gasteiger partial charge in [-0.25, -0.2) is 4.98 Å². The van der Waals surface area contributed by atoms with Crippen LogP contribution in [0.25, 0.3) is 22.2 Å². The monoisotopic (exact) mass is 400 g/mol. The Kier molecular flexibility index (Phi) is 5.70. The van der Waals surface area contributed by atoms with E-state index in [1.807, 2.05) is 72.8 Å². The fraction of sp³-hybridized carbons (Fsp3) is 0.0870. The molecule has 0 aliphatic rings. The standard InChI is InChI=1S/C23H20N4O3/c28-22(14-21-24-18-11-5-6-12-19(18)25-21)26-27-23(29)15-30-20-13-7-4-10-17(20)16-8-2-1-3-9-16/h1-13H,14-15H2,(H,24,25)(H,26,28)(H,27,29). The number of carbonyl (C=O) groups excluding carboxylic acids is 2. The van der Waals surface area contributed by atoms with E-state index < -0.39 is 5.91 Å². The molecule has 0 aliphatic heterocycles. The summed E-state index contributed by atoms with van der Waals surface area (Å²) in [7, 11) is 0. The normalized spacial score (nSPS) is 10.5. The third kappa shape index (κ3) is 4.64. The molecule has 150 valence electrons. The molecule has 4 rings (SSSR count). The second-order valence-electron chi connectivity index (χ2n) is 6.62. The smallest absolute Gasteiger partial charge is 0.276 e. The Labute approximate surface area is 173 Å². The number of hydrogen-bond acceptors (Lipinski definition) is 4. The van der Waals surface area contributed by atoms with Gasteiger partial charge in [-0.1, -0.05) is 60.7 Å². The van der Waals surface area contributed by atoms with Gasteiger partial charge in [0.05, 0.1) is 17.5 Å². The quantitative estimate of drug-likeness (QED) is 0.434. The summed E-state index contributed by atoms with van der Waals surface area (Å²) in [5.41, 5.74) is 8.27. The van der Waals surface area contributed by atoms with Gasteiger partial charge in [0.15, 0.2) is 6.61 Å². The number of hydrogen-bond donors (Lipinski definition) is 3. The van der Waals surface area contributed by atoms with Gasteiger partial charge in [-0.2, -0.15) is 0 Å². The highest BCUT2D eigenvalue weighted by Gasteiger charge is 2.11. The van der Waals surface area contributed by atoms with Gasteiger partial charge < -0.3 is 9.72 Å². The average Bonchev–Trinajstić information content (AvgIpc) is 3.19. The molecule has 1 heterocycles. The fourth-order valence-corrected chi connectivity index (χ4v) is 3.05. The van der Waals surface area contributed by atoms with Gasteiger partial charge in [-0.3, -0.25) is 20.4 Å². The summed E-state index contributed by atoms with van der Waals surface area (Å²) in [6.45, 7) is -0.227. The predicted octanol–water partition coefficient (Wildman–Crippen LogP) is 3.00. The van der Waals surface area contributed by atoms with Crippen LogP contribution in [0.1, 0.15) is 5.82 Å². The number of para-hydroxylation sites is 3. The number of H-pyrrole nitrogens is 1. The van der Waals surface area contributed by atoms with Crippen LogP contribution < -0.4 is 15.6 Å². The summed E-state index contributed by atoms with van der Waals surface area (Å²) >= 11 is 0. The molecular weight excluding hydrogens is 380 g/mol. The Morgan fingerprint density at radius 1 is 0.833 bits per heavy atom. The minimum absolute atomic E-state index is 0.0205. The van der Waals surface area contributed by atoms with Gasteiger partial charge in [0.25, 0.3) is 5.91 Å². The molecule has 7 nitrogen and oxygen atoms in total. The number of hydrazine groups is 1. The number of benzene rings is 3. The van der Waals surface area contributed by atoms with Crippen molar-refractivity contribution in [3.05, 3.63) is 84.7 Å². The van der Waals surface area contributed by atoms with Crippen LogP contribution in [0.4, 0.5) is 0 Å². The highest BCUT2D eigenvalue weighted by Crippen LogP contribution is 2.29. The molecule has 0 radical (unpaired) electrons. The zero-order valence-corrected chi connectivity index (χ0v) is 16.1. The molecule has 0 atom stereocenters. The maximum atomic E-state index is 12.1. The number of carbonyl (C=O) groups is 2. The van der Waals surface area contributed by atoms with E-state index in [0.717, 1.165) is 22.2 Å². The van der Waals surface area contributed by atoms with E-state index in [2.05, 4.69) is 20.8 Å². The first-order valence-electron chi connectivity index (χ1n) is 9.47. The van der Waals surface area contributed by atoms with Gasteiger partial charge in [-0.15, -0.1) is 0 Å². The molecule has 0 unspecified atom stereocenters. The fourth-order valence-electron chi connectivity index (χ4n) is 3.05. The molecule has 0 fully saturated rings. The minimum Gasteiger partial charge on any atom is -0.483 e. The molecular formula is C23H20N4O3. The van der Waals surface area contributed by atoms with Crippen molar-refractivity contribution in [3.63, 3.8) is 0 Å². The third-order valence-corrected chi connectivity index (χ3v) is 4.44. The van der Waals surface area contributed by atoms with Crippen molar-refractivity contribution >= 4 is 22.8 Å². The van der Waals surface area contributed by atoms with Gasteiger partial charge in [0.1, 0.15) is 11.6 Å². The Morgan fingerprint density at radius 3 is 2.37 bits per heavy atom. The molecule has 2 amide bonds. The van der Waals surface area contributed by atoms with E-state index in [9.17, 15) is 9.59 Å². The van der Waals surface area contributed by atoms with Crippen molar-refractivity contribution in [3.8, 4) is 16.9 Å². The number of nitrogens with one attached hydrogen (secondary N) is 3. The number of amides is 2. The number of imidazole rings is 1. The molecule has 0 saturated heterocycles. The van der Waals surface area contributed by atoms with Crippen molar-refractivity contribution in [1.29, 1.82) is 0 Å². The highest BCUT2D eigenvalue weighted by molar-refractivity contribution is 5.84. The summed E-state index contributed by atoms with van der Waals surface area (Å²) in [6.07, 6.45) is 0.0205. The van der Waals surface area contributed by atoms with Crippen molar-refractivity contribution < 1.29 is 14.3 Å².